The van der Waals surface area contributed by atoms with Gasteiger partial charge in [-0.2, -0.15) is 0 Å². The number of rotatable bonds is 6. The molecule has 142 valence electrons. The van der Waals surface area contributed by atoms with Crippen LogP contribution >= 0.6 is 0 Å². The molecule has 0 radical (unpaired) electrons. The van der Waals surface area contributed by atoms with Gasteiger partial charge >= 0.3 is 0 Å². The lowest BCUT2D eigenvalue weighted by atomic mass is 10.1. The van der Waals surface area contributed by atoms with Crippen LogP contribution in [0.1, 0.15) is 21.5 Å². The first-order chi connectivity index (χ1) is 13.5. The highest BCUT2D eigenvalue weighted by atomic mass is 19.1. The van der Waals surface area contributed by atoms with Crippen LogP contribution in [-0.2, 0) is 17.8 Å². The second-order valence-electron chi connectivity index (χ2n) is 6.24. The number of nitrogens with one attached hydrogen (secondary N) is 2. The van der Waals surface area contributed by atoms with Crippen LogP contribution in [0, 0.1) is 11.6 Å². The van der Waals surface area contributed by atoms with Gasteiger partial charge in [0, 0.05) is 17.8 Å². The minimum absolute atomic E-state index is 0.149. The fourth-order valence-corrected chi connectivity index (χ4v) is 2.64. The molecule has 0 bridgehead atoms. The first-order valence-electron chi connectivity index (χ1n) is 8.66. The number of hydrogen-bond donors (Lipinski definition) is 2. The molecule has 0 saturated heterocycles. The van der Waals surface area contributed by atoms with E-state index < -0.39 is 11.7 Å². The number of anilines is 1. The van der Waals surface area contributed by atoms with E-state index >= 15 is 0 Å². The standard InChI is InChI=1S/C22H18F2N2O2/c23-18-9-7-15(8-10-18)12-21(27)25-14-16-3-1-6-20(11-16)26-22(28)17-4-2-5-19(24)13-17/h1-11,13H,12,14H2,(H,25,27)(H,26,28). The minimum atomic E-state index is -0.481. The van der Waals surface area contributed by atoms with Crippen molar-refractivity contribution in [3.05, 3.63) is 101 Å². The van der Waals surface area contributed by atoms with Gasteiger partial charge in [-0.15, -0.1) is 0 Å². The second kappa shape index (κ2) is 8.90. The third kappa shape index (κ3) is 5.48. The van der Waals surface area contributed by atoms with Crippen LogP contribution in [0.5, 0.6) is 0 Å². The summed E-state index contributed by atoms with van der Waals surface area (Å²) in [6.07, 6.45) is 0.149. The van der Waals surface area contributed by atoms with Crippen molar-refractivity contribution in [3.8, 4) is 0 Å². The highest BCUT2D eigenvalue weighted by molar-refractivity contribution is 6.04. The van der Waals surface area contributed by atoms with Crippen LogP contribution < -0.4 is 10.6 Å². The molecule has 2 N–H and O–H groups in total. The topological polar surface area (TPSA) is 58.2 Å². The van der Waals surface area contributed by atoms with Gasteiger partial charge in [-0.05, 0) is 53.6 Å². The number of amides is 2. The summed E-state index contributed by atoms with van der Waals surface area (Å²) < 4.78 is 26.1. The molecule has 0 unspecified atom stereocenters. The summed E-state index contributed by atoms with van der Waals surface area (Å²) >= 11 is 0. The molecule has 0 aliphatic carbocycles. The maximum atomic E-state index is 13.2. The molecule has 2 amide bonds. The van der Waals surface area contributed by atoms with Crippen LogP contribution in [-0.4, -0.2) is 11.8 Å². The molecule has 0 aromatic heterocycles. The minimum Gasteiger partial charge on any atom is -0.352 e. The second-order valence-corrected chi connectivity index (χ2v) is 6.24. The average Bonchev–Trinajstić information content (AvgIpc) is 2.68. The van der Waals surface area contributed by atoms with Crippen molar-refractivity contribution in [1.82, 2.24) is 5.32 Å². The van der Waals surface area contributed by atoms with E-state index in [4.69, 9.17) is 0 Å². The van der Waals surface area contributed by atoms with Gasteiger partial charge in [-0.3, -0.25) is 9.59 Å². The fraction of sp³-hybridized carbons (Fsp3) is 0.0909. The van der Waals surface area contributed by atoms with Crippen molar-refractivity contribution < 1.29 is 18.4 Å². The number of carbonyl (C=O) groups excluding carboxylic acids is 2. The number of hydrogen-bond acceptors (Lipinski definition) is 2. The summed E-state index contributed by atoms with van der Waals surface area (Å²) in [5.41, 5.74) is 2.28. The molecule has 3 aromatic carbocycles. The van der Waals surface area contributed by atoms with Gasteiger partial charge in [0.1, 0.15) is 11.6 Å². The zero-order chi connectivity index (χ0) is 19.9. The number of carbonyl (C=O) groups is 2. The zero-order valence-corrected chi connectivity index (χ0v) is 14.9. The van der Waals surface area contributed by atoms with E-state index in [0.717, 1.165) is 17.2 Å². The van der Waals surface area contributed by atoms with Crippen LogP contribution in [0.25, 0.3) is 0 Å². The molecule has 0 aliphatic rings. The SMILES string of the molecule is O=C(Cc1ccc(F)cc1)NCc1cccc(NC(=O)c2cccc(F)c2)c1. The maximum Gasteiger partial charge on any atom is 0.255 e. The predicted molar refractivity (Wildman–Crippen MR) is 103 cm³/mol. The highest BCUT2D eigenvalue weighted by Crippen LogP contribution is 2.13. The lowest BCUT2D eigenvalue weighted by molar-refractivity contribution is -0.120. The predicted octanol–water partition coefficient (Wildman–Crippen LogP) is 4.08. The Hall–Kier alpha value is -3.54. The van der Waals surface area contributed by atoms with E-state index in [-0.39, 0.29) is 30.3 Å². The van der Waals surface area contributed by atoms with E-state index in [1.165, 1.54) is 30.3 Å². The first-order valence-corrected chi connectivity index (χ1v) is 8.66. The Bertz CT molecular complexity index is 988. The molecule has 0 spiro atoms. The van der Waals surface area contributed by atoms with Gasteiger partial charge in [0.25, 0.3) is 5.91 Å². The maximum absolute atomic E-state index is 13.2. The van der Waals surface area contributed by atoms with Crippen LogP contribution in [0.15, 0.2) is 72.8 Å². The molecular weight excluding hydrogens is 362 g/mol. The largest absolute Gasteiger partial charge is 0.352 e. The summed E-state index contributed by atoms with van der Waals surface area (Å²) in [5.74, 6) is -1.44. The van der Waals surface area contributed by atoms with E-state index in [1.807, 2.05) is 6.07 Å². The summed E-state index contributed by atoms with van der Waals surface area (Å²) in [6, 6.07) is 18.2. The number of halogens is 2. The van der Waals surface area contributed by atoms with E-state index in [9.17, 15) is 18.4 Å². The van der Waals surface area contributed by atoms with E-state index in [2.05, 4.69) is 10.6 Å². The Labute approximate surface area is 161 Å². The monoisotopic (exact) mass is 380 g/mol. The Kier molecular flexibility index (Phi) is 6.11. The molecule has 0 fully saturated rings. The highest BCUT2D eigenvalue weighted by Gasteiger charge is 2.08. The number of benzene rings is 3. The van der Waals surface area contributed by atoms with Crippen LogP contribution in [0.4, 0.5) is 14.5 Å². The van der Waals surface area contributed by atoms with Crippen LogP contribution in [0.2, 0.25) is 0 Å². The molecule has 0 aliphatic heterocycles. The molecule has 0 atom stereocenters. The zero-order valence-electron chi connectivity index (χ0n) is 14.9. The Morgan fingerprint density at radius 1 is 0.786 bits per heavy atom. The van der Waals surface area contributed by atoms with Crippen molar-refractivity contribution in [2.24, 2.45) is 0 Å². The van der Waals surface area contributed by atoms with E-state index in [0.29, 0.717) is 5.69 Å². The van der Waals surface area contributed by atoms with Crippen molar-refractivity contribution >= 4 is 17.5 Å². The summed E-state index contributed by atoms with van der Waals surface area (Å²) in [5, 5.41) is 5.49. The molecule has 28 heavy (non-hydrogen) atoms. The van der Waals surface area contributed by atoms with Gasteiger partial charge < -0.3 is 10.6 Å². The Morgan fingerprint density at radius 3 is 2.29 bits per heavy atom. The normalized spacial score (nSPS) is 10.4. The molecular formula is C22H18F2N2O2. The lowest BCUT2D eigenvalue weighted by Gasteiger charge is -2.09. The third-order valence-corrected chi connectivity index (χ3v) is 4.04. The average molecular weight is 380 g/mol. The summed E-state index contributed by atoms with van der Waals surface area (Å²) in [4.78, 5) is 24.2. The molecule has 3 aromatic rings. The van der Waals surface area contributed by atoms with Crippen LogP contribution in [0.3, 0.4) is 0 Å². The van der Waals surface area contributed by atoms with Gasteiger partial charge in [0.15, 0.2) is 0 Å². The van der Waals surface area contributed by atoms with Crippen molar-refractivity contribution in [1.29, 1.82) is 0 Å². The Balaban J connectivity index is 1.56. The van der Waals surface area contributed by atoms with Gasteiger partial charge in [-0.1, -0.05) is 30.3 Å². The molecule has 6 heteroatoms. The van der Waals surface area contributed by atoms with Crippen molar-refractivity contribution in [3.63, 3.8) is 0 Å². The van der Waals surface area contributed by atoms with Gasteiger partial charge in [0.2, 0.25) is 5.91 Å². The lowest BCUT2D eigenvalue weighted by Crippen LogP contribution is -2.24. The fourth-order valence-electron chi connectivity index (χ4n) is 2.64. The van der Waals surface area contributed by atoms with Gasteiger partial charge in [0.05, 0.1) is 6.42 Å². The van der Waals surface area contributed by atoms with Crippen molar-refractivity contribution in [2.45, 2.75) is 13.0 Å². The first kappa shape index (κ1) is 19.2. The summed E-state index contributed by atoms with van der Waals surface area (Å²) in [7, 11) is 0. The molecule has 0 heterocycles. The Morgan fingerprint density at radius 2 is 1.54 bits per heavy atom. The quantitative estimate of drug-likeness (QED) is 0.677. The van der Waals surface area contributed by atoms with E-state index in [1.54, 1.807) is 30.3 Å². The molecule has 0 saturated carbocycles. The third-order valence-electron chi connectivity index (χ3n) is 4.04. The van der Waals surface area contributed by atoms with Gasteiger partial charge in [-0.25, -0.2) is 8.78 Å². The smallest absolute Gasteiger partial charge is 0.255 e. The molecule has 3 rings (SSSR count). The van der Waals surface area contributed by atoms with Crippen molar-refractivity contribution in [2.75, 3.05) is 5.32 Å². The molecule has 4 nitrogen and oxygen atoms in total. The summed E-state index contributed by atoms with van der Waals surface area (Å²) in [6.45, 7) is 0.281.